The minimum atomic E-state index is -0.597. The summed E-state index contributed by atoms with van der Waals surface area (Å²) in [6.07, 6.45) is -0.114. The van der Waals surface area contributed by atoms with Crippen LogP contribution in [0.25, 0.3) is 0 Å². The van der Waals surface area contributed by atoms with Crippen LogP contribution in [-0.4, -0.2) is 5.11 Å². The Morgan fingerprint density at radius 2 is 1.74 bits per heavy atom. The monoisotopic (exact) mass is 422 g/mol. The number of hydrogen-bond acceptors (Lipinski definition) is 1. The molecule has 0 heterocycles. The average Bonchev–Trinajstić information content (AvgIpc) is 2.33. The third-order valence-corrected chi connectivity index (χ3v) is 4.65. The van der Waals surface area contributed by atoms with Gasteiger partial charge in [0.1, 0.15) is 0 Å². The maximum Gasteiger partial charge on any atom is 0.0841 e. The van der Waals surface area contributed by atoms with E-state index < -0.39 is 6.10 Å². The molecule has 1 N–H and O–H groups in total. The highest BCUT2D eigenvalue weighted by Gasteiger charge is 2.13. The van der Waals surface area contributed by atoms with Gasteiger partial charge >= 0.3 is 0 Å². The molecule has 1 unspecified atom stereocenters. The molecule has 0 bridgehead atoms. The van der Waals surface area contributed by atoms with E-state index >= 15 is 0 Å². The average molecular weight is 425 g/mol. The second-order valence-corrected chi connectivity index (χ2v) is 6.72. The molecule has 0 aromatic heterocycles. The van der Waals surface area contributed by atoms with Gasteiger partial charge in [-0.3, -0.25) is 0 Å². The molecule has 0 saturated heterocycles. The Kier molecular flexibility index (Phi) is 5.32. The molecule has 1 nitrogen and oxygen atoms in total. The van der Waals surface area contributed by atoms with Crippen LogP contribution in [0.1, 0.15) is 17.2 Å². The van der Waals surface area contributed by atoms with E-state index in [1.165, 1.54) is 0 Å². The van der Waals surface area contributed by atoms with Crippen molar-refractivity contribution >= 4 is 55.1 Å². The Hall–Kier alpha value is -0.0600. The Labute approximate surface area is 138 Å². The number of aliphatic hydroxyl groups is 1. The number of hydrogen-bond donors (Lipinski definition) is 1. The molecular weight excluding hydrogens is 415 g/mol. The van der Waals surface area contributed by atoms with Crippen LogP contribution in [-0.2, 0) is 6.42 Å². The van der Waals surface area contributed by atoms with Crippen LogP contribution < -0.4 is 0 Å². The Morgan fingerprint density at radius 3 is 2.37 bits per heavy atom. The summed E-state index contributed by atoms with van der Waals surface area (Å²) < 4.78 is 1.83. The molecule has 100 valence electrons. The van der Waals surface area contributed by atoms with Crippen molar-refractivity contribution in [2.45, 2.75) is 12.5 Å². The third kappa shape index (κ3) is 3.96. The van der Waals surface area contributed by atoms with Crippen LogP contribution in [0, 0.1) is 0 Å². The van der Waals surface area contributed by atoms with E-state index in [2.05, 4.69) is 31.9 Å². The van der Waals surface area contributed by atoms with Gasteiger partial charge in [-0.25, -0.2) is 0 Å². The van der Waals surface area contributed by atoms with Crippen LogP contribution in [0.5, 0.6) is 0 Å². The predicted molar refractivity (Wildman–Crippen MR) is 87.0 cm³/mol. The van der Waals surface area contributed by atoms with Crippen molar-refractivity contribution < 1.29 is 5.11 Å². The van der Waals surface area contributed by atoms with Crippen molar-refractivity contribution in [3.8, 4) is 0 Å². The molecule has 0 aliphatic carbocycles. The zero-order valence-corrected chi connectivity index (χ0v) is 14.4. The lowest BCUT2D eigenvalue weighted by Crippen LogP contribution is -2.02. The van der Waals surface area contributed by atoms with Gasteiger partial charge in [-0.2, -0.15) is 0 Å². The fourth-order valence-electron chi connectivity index (χ4n) is 1.77. The second kappa shape index (κ2) is 6.59. The summed E-state index contributed by atoms with van der Waals surface area (Å²) in [5.41, 5.74) is 1.78. The molecular formula is C14H10Br2Cl2O. The first-order chi connectivity index (χ1) is 8.97. The maximum atomic E-state index is 10.3. The van der Waals surface area contributed by atoms with Gasteiger partial charge in [-0.15, -0.1) is 0 Å². The maximum absolute atomic E-state index is 10.3. The lowest BCUT2D eigenvalue weighted by molar-refractivity contribution is 0.177. The molecule has 0 radical (unpaired) electrons. The van der Waals surface area contributed by atoms with Crippen LogP contribution >= 0.6 is 55.1 Å². The van der Waals surface area contributed by atoms with Crippen LogP contribution in [0.15, 0.2) is 45.3 Å². The van der Waals surface area contributed by atoms with Gasteiger partial charge in [-0.05, 0) is 35.4 Å². The van der Waals surface area contributed by atoms with Crippen LogP contribution in [0.3, 0.4) is 0 Å². The van der Waals surface area contributed by atoms with Crippen molar-refractivity contribution in [3.05, 3.63) is 66.5 Å². The number of benzene rings is 2. The highest BCUT2D eigenvalue weighted by Crippen LogP contribution is 2.30. The molecule has 1 atom stereocenters. The SMILES string of the molecule is OC(Cc1ccc(Cl)c(Cl)c1)c1ccc(Br)cc1Br. The number of aliphatic hydroxyl groups excluding tert-OH is 1. The van der Waals surface area contributed by atoms with Gasteiger partial charge in [-0.1, -0.05) is 67.2 Å². The molecule has 0 saturated carbocycles. The fraction of sp³-hybridized carbons (Fsp3) is 0.143. The van der Waals surface area contributed by atoms with Gasteiger partial charge < -0.3 is 5.11 Å². The molecule has 2 rings (SSSR count). The summed E-state index contributed by atoms with van der Waals surface area (Å²) in [4.78, 5) is 0. The third-order valence-electron chi connectivity index (χ3n) is 2.73. The van der Waals surface area contributed by atoms with E-state index in [0.717, 1.165) is 20.1 Å². The van der Waals surface area contributed by atoms with Crippen molar-refractivity contribution in [1.82, 2.24) is 0 Å². The summed E-state index contributed by atoms with van der Waals surface area (Å²) in [6.45, 7) is 0. The van der Waals surface area contributed by atoms with E-state index in [1.54, 1.807) is 12.1 Å². The topological polar surface area (TPSA) is 20.2 Å². The van der Waals surface area contributed by atoms with Crippen molar-refractivity contribution in [2.75, 3.05) is 0 Å². The van der Waals surface area contributed by atoms with Gasteiger partial charge in [0.25, 0.3) is 0 Å². The molecule has 0 aliphatic heterocycles. The molecule has 0 spiro atoms. The summed E-state index contributed by atoms with van der Waals surface area (Å²) >= 11 is 18.7. The summed E-state index contributed by atoms with van der Waals surface area (Å²) in [5.74, 6) is 0. The fourth-order valence-corrected chi connectivity index (χ4v) is 3.40. The summed E-state index contributed by atoms with van der Waals surface area (Å²) in [7, 11) is 0. The zero-order valence-electron chi connectivity index (χ0n) is 9.71. The summed E-state index contributed by atoms with van der Waals surface area (Å²) in [5, 5.41) is 11.3. The lowest BCUT2D eigenvalue weighted by Gasteiger charge is -2.13. The smallest absolute Gasteiger partial charge is 0.0841 e. The molecule has 2 aromatic rings. The summed E-state index contributed by atoms with van der Waals surface area (Å²) in [6, 6.07) is 11.1. The normalized spacial score (nSPS) is 12.5. The second-order valence-electron chi connectivity index (χ2n) is 4.13. The first kappa shape index (κ1) is 15.3. The highest BCUT2D eigenvalue weighted by molar-refractivity contribution is 9.11. The van der Waals surface area contributed by atoms with Crippen molar-refractivity contribution in [2.24, 2.45) is 0 Å². The zero-order chi connectivity index (χ0) is 14.0. The first-order valence-corrected chi connectivity index (χ1v) is 7.88. The number of halogens is 4. The minimum Gasteiger partial charge on any atom is -0.388 e. The van der Waals surface area contributed by atoms with E-state index in [1.807, 2.05) is 24.3 Å². The molecule has 0 amide bonds. The number of rotatable bonds is 3. The van der Waals surface area contributed by atoms with Crippen LogP contribution in [0.2, 0.25) is 10.0 Å². The molecule has 19 heavy (non-hydrogen) atoms. The van der Waals surface area contributed by atoms with Gasteiger partial charge in [0.2, 0.25) is 0 Å². The Bertz CT molecular complexity index is 602. The minimum absolute atomic E-state index is 0.483. The Morgan fingerprint density at radius 1 is 1.00 bits per heavy atom. The van der Waals surface area contributed by atoms with E-state index in [9.17, 15) is 5.11 Å². The Balaban J connectivity index is 2.20. The van der Waals surface area contributed by atoms with Gasteiger partial charge in [0.05, 0.1) is 16.1 Å². The quantitative estimate of drug-likeness (QED) is 0.660. The molecule has 5 heteroatoms. The molecule has 0 fully saturated rings. The van der Waals surface area contributed by atoms with Gasteiger partial charge in [0.15, 0.2) is 0 Å². The van der Waals surface area contributed by atoms with E-state index in [0.29, 0.717) is 16.5 Å². The molecule has 2 aromatic carbocycles. The van der Waals surface area contributed by atoms with E-state index in [-0.39, 0.29) is 0 Å². The lowest BCUT2D eigenvalue weighted by atomic mass is 10.0. The highest BCUT2D eigenvalue weighted by atomic mass is 79.9. The first-order valence-electron chi connectivity index (χ1n) is 5.54. The van der Waals surface area contributed by atoms with Crippen molar-refractivity contribution in [3.63, 3.8) is 0 Å². The molecule has 0 aliphatic rings. The van der Waals surface area contributed by atoms with Crippen molar-refractivity contribution in [1.29, 1.82) is 0 Å². The van der Waals surface area contributed by atoms with Gasteiger partial charge in [0, 0.05) is 15.4 Å². The largest absolute Gasteiger partial charge is 0.388 e. The van der Waals surface area contributed by atoms with E-state index in [4.69, 9.17) is 23.2 Å². The predicted octanol–water partition coefficient (Wildman–Crippen LogP) is 5.79. The van der Waals surface area contributed by atoms with Crippen LogP contribution in [0.4, 0.5) is 0 Å². The standard InChI is InChI=1S/C14H10Br2Cl2O/c15-9-2-3-10(11(16)7-9)14(19)6-8-1-4-12(17)13(18)5-8/h1-5,7,14,19H,6H2.